The van der Waals surface area contributed by atoms with Gasteiger partial charge in [-0.1, -0.05) is 13.3 Å². The average molecular weight is 233 g/mol. The van der Waals surface area contributed by atoms with Gasteiger partial charge in [-0.25, -0.2) is 0 Å². The van der Waals surface area contributed by atoms with Crippen LogP contribution in [-0.4, -0.2) is 27.5 Å². The molecule has 3 nitrogen and oxygen atoms in total. The Morgan fingerprint density at radius 2 is 1.47 bits per heavy atom. The smallest absolute Gasteiger partial charge is 0.383 e. The zero-order valence-electron chi connectivity index (χ0n) is 11.1. The highest BCUT2D eigenvalue weighted by Crippen LogP contribution is 2.17. The van der Waals surface area contributed by atoms with Gasteiger partial charge >= 0.3 is 8.72 Å². The summed E-state index contributed by atoms with van der Waals surface area (Å²) in [4.78, 5) is 3.57. The zero-order valence-corrected chi connectivity index (χ0v) is 12.1. The lowest BCUT2D eigenvalue weighted by atomic mass is 10.1. The molecule has 0 rings (SSSR count). The van der Waals surface area contributed by atoms with Crippen molar-refractivity contribution in [2.75, 3.05) is 13.2 Å². The van der Waals surface area contributed by atoms with Crippen LogP contribution < -0.4 is 4.98 Å². The van der Waals surface area contributed by atoms with Gasteiger partial charge in [0.05, 0.1) is 0 Å². The first-order chi connectivity index (χ1) is 6.89. The van der Waals surface area contributed by atoms with Crippen molar-refractivity contribution in [2.45, 2.75) is 59.5 Å². The van der Waals surface area contributed by atoms with E-state index in [1.807, 2.05) is 13.8 Å². The van der Waals surface area contributed by atoms with Gasteiger partial charge in [0.1, 0.15) is 0 Å². The van der Waals surface area contributed by atoms with Crippen LogP contribution in [0.4, 0.5) is 0 Å². The van der Waals surface area contributed by atoms with Gasteiger partial charge in [0.25, 0.3) is 0 Å². The molecular formula is C11H27NO2Si. The second kappa shape index (κ2) is 6.63. The lowest BCUT2D eigenvalue weighted by Crippen LogP contribution is -2.62. The fraction of sp³-hybridized carbons (Fsp3) is 1.00. The first kappa shape index (κ1) is 15.1. The van der Waals surface area contributed by atoms with Crippen LogP contribution in [0.25, 0.3) is 0 Å². The minimum atomic E-state index is -2.18. The molecule has 0 aromatic carbocycles. The fourth-order valence-electron chi connectivity index (χ4n) is 1.69. The van der Waals surface area contributed by atoms with Gasteiger partial charge in [0.15, 0.2) is 0 Å². The molecule has 0 bridgehead atoms. The van der Waals surface area contributed by atoms with Crippen molar-refractivity contribution in [2.24, 2.45) is 0 Å². The van der Waals surface area contributed by atoms with E-state index in [0.717, 1.165) is 25.7 Å². The molecule has 0 fully saturated rings. The van der Waals surface area contributed by atoms with Gasteiger partial charge in [0, 0.05) is 24.8 Å². The fourth-order valence-corrected chi connectivity index (χ4v) is 5.06. The maximum absolute atomic E-state index is 5.89. The summed E-state index contributed by atoms with van der Waals surface area (Å²) in [6, 6.07) is 1.01. The molecule has 0 aliphatic carbocycles. The highest BCUT2D eigenvalue weighted by Gasteiger charge is 2.40. The quantitative estimate of drug-likeness (QED) is 0.686. The Morgan fingerprint density at radius 1 is 1.00 bits per heavy atom. The van der Waals surface area contributed by atoms with Crippen LogP contribution in [-0.2, 0) is 8.85 Å². The van der Waals surface area contributed by atoms with Crippen LogP contribution in [0, 0.1) is 0 Å². The monoisotopic (exact) mass is 233 g/mol. The van der Waals surface area contributed by atoms with Crippen LogP contribution in [0.2, 0.25) is 6.04 Å². The van der Waals surface area contributed by atoms with Crippen LogP contribution >= 0.6 is 0 Å². The third kappa shape index (κ3) is 6.30. The van der Waals surface area contributed by atoms with Crippen LogP contribution in [0.1, 0.15) is 48.0 Å². The maximum Gasteiger partial charge on any atom is 0.425 e. The lowest BCUT2D eigenvalue weighted by Gasteiger charge is -2.36. The molecule has 0 aromatic rings. The van der Waals surface area contributed by atoms with E-state index in [1.54, 1.807) is 0 Å². The van der Waals surface area contributed by atoms with E-state index in [4.69, 9.17) is 8.85 Å². The summed E-state index contributed by atoms with van der Waals surface area (Å²) >= 11 is 0. The van der Waals surface area contributed by atoms with Gasteiger partial charge in [-0.15, -0.1) is 0 Å². The Balaban J connectivity index is 4.60. The van der Waals surface area contributed by atoms with E-state index in [2.05, 4.69) is 32.7 Å². The predicted molar refractivity (Wildman–Crippen MR) is 67.0 cm³/mol. The van der Waals surface area contributed by atoms with Crippen molar-refractivity contribution in [1.29, 1.82) is 0 Å². The van der Waals surface area contributed by atoms with Crippen molar-refractivity contribution >= 4 is 8.72 Å². The Bertz CT molecular complexity index is 151. The molecule has 92 valence electrons. The van der Waals surface area contributed by atoms with Gasteiger partial charge < -0.3 is 8.85 Å². The van der Waals surface area contributed by atoms with Crippen LogP contribution in [0.3, 0.4) is 0 Å². The van der Waals surface area contributed by atoms with Crippen molar-refractivity contribution in [1.82, 2.24) is 4.98 Å². The van der Waals surface area contributed by atoms with Crippen molar-refractivity contribution < 1.29 is 8.85 Å². The summed E-state index contributed by atoms with van der Waals surface area (Å²) in [5, 5.41) is 0. The Labute approximate surface area is 95.9 Å². The van der Waals surface area contributed by atoms with Gasteiger partial charge in [-0.2, -0.15) is 0 Å². The number of rotatable bonds is 7. The van der Waals surface area contributed by atoms with E-state index in [0.29, 0.717) is 0 Å². The second-order valence-corrected chi connectivity index (χ2v) is 7.58. The molecule has 0 aliphatic rings. The van der Waals surface area contributed by atoms with E-state index in [9.17, 15) is 0 Å². The molecule has 0 aliphatic heterocycles. The third-order valence-corrected chi connectivity index (χ3v) is 5.70. The minimum absolute atomic E-state index is 0.0474. The van der Waals surface area contributed by atoms with E-state index in [1.165, 1.54) is 0 Å². The highest BCUT2D eigenvalue weighted by atomic mass is 28.4. The van der Waals surface area contributed by atoms with Gasteiger partial charge in [-0.3, -0.25) is 4.98 Å². The van der Waals surface area contributed by atoms with E-state index >= 15 is 0 Å². The largest absolute Gasteiger partial charge is 0.425 e. The van der Waals surface area contributed by atoms with Gasteiger partial charge in [0.2, 0.25) is 0 Å². The van der Waals surface area contributed by atoms with Crippen LogP contribution in [0.5, 0.6) is 0 Å². The van der Waals surface area contributed by atoms with Crippen molar-refractivity contribution in [3.8, 4) is 0 Å². The molecule has 15 heavy (non-hydrogen) atoms. The van der Waals surface area contributed by atoms with Crippen molar-refractivity contribution in [3.63, 3.8) is 0 Å². The van der Waals surface area contributed by atoms with E-state index < -0.39 is 8.72 Å². The summed E-state index contributed by atoms with van der Waals surface area (Å²) in [5.74, 6) is 0. The SMILES string of the molecule is CCC[Si](NC(C)(C)C)(OCC)OCC. The Morgan fingerprint density at radius 3 is 1.73 bits per heavy atom. The number of hydrogen-bond acceptors (Lipinski definition) is 3. The Kier molecular flexibility index (Phi) is 6.67. The maximum atomic E-state index is 5.89. The van der Waals surface area contributed by atoms with E-state index in [-0.39, 0.29) is 5.54 Å². The minimum Gasteiger partial charge on any atom is -0.383 e. The first-order valence-corrected chi connectivity index (χ1v) is 7.98. The molecule has 0 saturated carbocycles. The summed E-state index contributed by atoms with van der Waals surface area (Å²) in [6.45, 7) is 14.1. The molecule has 0 saturated heterocycles. The average Bonchev–Trinajstić information content (AvgIpc) is 2.01. The van der Waals surface area contributed by atoms with Crippen LogP contribution in [0.15, 0.2) is 0 Å². The molecule has 1 N–H and O–H groups in total. The lowest BCUT2D eigenvalue weighted by molar-refractivity contribution is 0.160. The topological polar surface area (TPSA) is 30.5 Å². The first-order valence-electron chi connectivity index (χ1n) is 5.96. The summed E-state index contributed by atoms with van der Waals surface area (Å²) in [6.07, 6.45) is 1.09. The highest BCUT2D eigenvalue weighted by molar-refractivity contribution is 6.65. The molecule has 4 heteroatoms. The molecule has 0 amide bonds. The molecule has 0 spiro atoms. The number of hydrogen-bond donors (Lipinski definition) is 1. The second-order valence-electron chi connectivity index (χ2n) is 4.74. The predicted octanol–water partition coefficient (Wildman–Crippen LogP) is 2.80. The third-order valence-electron chi connectivity index (χ3n) is 1.90. The molecular weight excluding hydrogens is 206 g/mol. The molecule has 0 heterocycles. The molecule has 0 unspecified atom stereocenters. The summed E-state index contributed by atoms with van der Waals surface area (Å²) < 4.78 is 11.8. The normalized spacial score (nSPS) is 13.2. The summed E-state index contributed by atoms with van der Waals surface area (Å²) in [5.41, 5.74) is 0.0474. The standard InChI is InChI=1S/C11H27NO2Si/c1-7-10-15(13-8-2,14-9-3)12-11(4,5)6/h12H,7-10H2,1-6H3. The van der Waals surface area contributed by atoms with Crippen molar-refractivity contribution in [3.05, 3.63) is 0 Å². The number of nitrogens with one attached hydrogen (secondary N) is 1. The van der Waals surface area contributed by atoms with Gasteiger partial charge in [-0.05, 0) is 34.6 Å². The molecule has 0 radical (unpaired) electrons. The Hall–Kier alpha value is 0.0969. The zero-order chi connectivity index (χ0) is 11.9. The summed E-state index contributed by atoms with van der Waals surface area (Å²) in [7, 11) is -2.18. The molecule has 0 atom stereocenters. The molecule has 0 aromatic heterocycles.